The van der Waals surface area contributed by atoms with Crippen LogP contribution in [0.4, 0.5) is 4.39 Å². The van der Waals surface area contributed by atoms with Crippen molar-refractivity contribution >= 4 is 5.91 Å². The SMILES string of the molecule is Cc1cc(-c2noc(C(C)NC(=O)CC3COCCN3)n2)ccc1F. The molecular formula is C17H21FN4O3. The van der Waals surface area contributed by atoms with Crippen molar-refractivity contribution in [3.8, 4) is 11.4 Å². The van der Waals surface area contributed by atoms with E-state index in [4.69, 9.17) is 9.26 Å². The van der Waals surface area contributed by atoms with Gasteiger partial charge in [0.15, 0.2) is 0 Å². The Morgan fingerprint density at radius 3 is 3.08 bits per heavy atom. The van der Waals surface area contributed by atoms with Crippen LogP contribution in [0.5, 0.6) is 0 Å². The summed E-state index contributed by atoms with van der Waals surface area (Å²) in [5.74, 6) is 0.265. The summed E-state index contributed by atoms with van der Waals surface area (Å²) >= 11 is 0. The zero-order valence-corrected chi connectivity index (χ0v) is 14.2. The van der Waals surface area contributed by atoms with Gasteiger partial charge in [-0.3, -0.25) is 4.79 Å². The molecule has 0 radical (unpaired) electrons. The molecule has 1 saturated heterocycles. The summed E-state index contributed by atoms with van der Waals surface area (Å²) in [4.78, 5) is 16.4. The highest BCUT2D eigenvalue weighted by Gasteiger charge is 2.21. The number of nitrogens with one attached hydrogen (secondary N) is 2. The number of hydrogen-bond acceptors (Lipinski definition) is 6. The standard InChI is InChI=1S/C17H21FN4O3/c1-10-7-12(3-4-14(10)18)16-21-17(25-22-16)11(2)20-15(23)8-13-9-24-6-5-19-13/h3-4,7,11,13,19H,5-6,8-9H2,1-2H3,(H,20,23). The van der Waals surface area contributed by atoms with Crippen LogP contribution in [0.25, 0.3) is 11.4 Å². The number of hydrogen-bond donors (Lipinski definition) is 2. The minimum Gasteiger partial charge on any atom is -0.378 e. The highest BCUT2D eigenvalue weighted by molar-refractivity contribution is 5.77. The van der Waals surface area contributed by atoms with Gasteiger partial charge in [-0.15, -0.1) is 0 Å². The summed E-state index contributed by atoms with van der Waals surface area (Å²) < 4.78 is 23.9. The highest BCUT2D eigenvalue weighted by Crippen LogP contribution is 2.21. The van der Waals surface area contributed by atoms with Gasteiger partial charge in [0, 0.05) is 24.6 Å². The molecule has 0 bridgehead atoms. The Hall–Kier alpha value is -2.32. The lowest BCUT2D eigenvalue weighted by molar-refractivity contribution is -0.123. The molecule has 25 heavy (non-hydrogen) atoms. The fourth-order valence-corrected chi connectivity index (χ4v) is 2.65. The first-order valence-electron chi connectivity index (χ1n) is 8.23. The summed E-state index contributed by atoms with van der Waals surface area (Å²) in [5, 5.41) is 9.98. The average Bonchev–Trinajstić information content (AvgIpc) is 3.08. The fourth-order valence-electron chi connectivity index (χ4n) is 2.65. The number of halogens is 1. The highest BCUT2D eigenvalue weighted by atomic mass is 19.1. The molecule has 2 atom stereocenters. The molecule has 1 aromatic heterocycles. The number of aromatic nitrogens is 2. The van der Waals surface area contributed by atoms with E-state index in [1.54, 1.807) is 26.0 Å². The first-order chi connectivity index (χ1) is 12.0. The maximum absolute atomic E-state index is 13.4. The lowest BCUT2D eigenvalue weighted by atomic mass is 10.1. The number of carbonyl (C=O) groups excluding carboxylic acids is 1. The quantitative estimate of drug-likeness (QED) is 0.856. The molecule has 3 rings (SSSR count). The first-order valence-corrected chi connectivity index (χ1v) is 8.23. The molecule has 2 unspecified atom stereocenters. The Bertz CT molecular complexity index is 743. The zero-order valence-electron chi connectivity index (χ0n) is 14.2. The molecule has 1 aliphatic rings. The lowest BCUT2D eigenvalue weighted by Gasteiger charge is -2.23. The summed E-state index contributed by atoms with van der Waals surface area (Å²) in [7, 11) is 0. The van der Waals surface area contributed by atoms with Crippen LogP contribution in [0.2, 0.25) is 0 Å². The molecule has 1 aliphatic heterocycles. The van der Waals surface area contributed by atoms with Gasteiger partial charge in [-0.1, -0.05) is 5.16 Å². The summed E-state index contributed by atoms with van der Waals surface area (Å²) in [5.41, 5.74) is 1.17. The predicted octanol–water partition coefficient (Wildman–Crippen LogP) is 1.74. The van der Waals surface area contributed by atoms with Crippen molar-refractivity contribution in [3.63, 3.8) is 0 Å². The third-order valence-corrected chi connectivity index (χ3v) is 4.04. The van der Waals surface area contributed by atoms with Crippen molar-refractivity contribution in [1.82, 2.24) is 20.8 Å². The van der Waals surface area contributed by atoms with Gasteiger partial charge in [0.05, 0.1) is 13.2 Å². The monoisotopic (exact) mass is 348 g/mol. The molecule has 2 N–H and O–H groups in total. The van der Waals surface area contributed by atoms with Crippen molar-refractivity contribution in [2.24, 2.45) is 0 Å². The number of rotatable bonds is 5. The second-order valence-electron chi connectivity index (χ2n) is 6.14. The third kappa shape index (κ3) is 4.40. The van der Waals surface area contributed by atoms with Crippen molar-refractivity contribution < 1.29 is 18.4 Å². The van der Waals surface area contributed by atoms with Crippen LogP contribution in [-0.4, -0.2) is 41.8 Å². The summed E-state index contributed by atoms with van der Waals surface area (Å²) in [6.07, 6.45) is 0.322. The van der Waals surface area contributed by atoms with E-state index in [1.165, 1.54) is 6.07 Å². The minimum absolute atomic E-state index is 0.0152. The summed E-state index contributed by atoms with van der Waals surface area (Å²) in [6.45, 7) is 5.39. The number of morpholine rings is 1. The van der Waals surface area contributed by atoms with Gasteiger partial charge in [-0.05, 0) is 37.6 Å². The van der Waals surface area contributed by atoms with E-state index < -0.39 is 6.04 Å². The zero-order chi connectivity index (χ0) is 17.8. The number of carbonyl (C=O) groups is 1. The number of ether oxygens (including phenoxy) is 1. The van der Waals surface area contributed by atoms with Gasteiger partial charge in [0.25, 0.3) is 0 Å². The van der Waals surface area contributed by atoms with Crippen molar-refractivity contribution in [2.45, 2.75) is 32.4 Å². The largest absolute Gasteiger partial charge is 0.378 e. The van der Waals surface area contributed by atoms with E-state index in [0.717, 1.165) is 6.54 Å². The number of aryl methyl sites for hydroxylation is 1. The normalized spacial score (nSPS) is 18.8. The first kappa shape index (κ1) is 17.5. The Morgan fingerprint density at radius 2 is 2.36 bits per heavy atom. The lowest BCUT2D eigenvalue weighted by Crippen LogP contribution is -2.44. The maximum Gasteiger partial charge on any atom is 0.249 e. The Balaban J connectivity index is 1.60. The van der Waals surface area contributed by atoms with Crippen molar-refractivity contribution in [2.75, 3.05) is 19.8 Å². The van der Waals surface area contributed by atoms with Gasteiger partial charge in [0.1, 0.15) is 11.9 Å². The van der Waals surface area contributed by atoms with Gasteiger partial charge in [0.2, 0.25) is 17.6 Å². The van der Waals surface area contributed by atoms with E-state index in [1.807, 2.05) is 0 Å². The third-order valence-electron chi connectivity index (χ3n) is 4.04. The minimum atomic E-state index is -0.417. The molecule has 8 heteroatoms. The Labute approximate surface area is 144 Å². The molecule has 1 amide bonds. The van der Waals surface area contributed by atoms with Crippen LogP contribution in [0, 0.1) is 12.7 Å². The summed E-state index contributed by atoms with van der Waals surface area (Å²) in [6, 6.07) is 4.21. The smallest absolute Gasteiger partial charge is 0.249 e. The van der Waals surface area contributed by atoms with Crippen LogP contribution in [-0.2, 0) is 9.53 Å². The molecule has 0 spiro atoms. The Kier molecular flexibility index (Phi) is 5.40. The molecule has 0 aliphatic carbocycles. The molecule has 2 aromatic rings. The van der Waals surface area contributed by atoms with Crippen LogP contribution in [0.15, 0.2) is 22.7 Å². The van der Waals surface area contributed by atoms with E-state index >= 15 is 0 Å². The molecule has 1 aromatic carbocycles. The number of amides is 1. The molecule has 1 fully saturated rings. The second kappa shape index (κ2) is 7.71. The molecular weight excluding hydrogens is 327 g/mol. The topological polar surface area (TPSA) is 89.3 Å². The average molecular weight is 348 g/mol. The molecule has 2 heterocycles. The van der Waals surface area contributed by atoms with E-state index in [9.17, 15) is 9.18 Å². The van der Waals surface area contributed by atoms with Crippen LogP contribution >= 0.6 is 0 Å². The maximum atomic E-state index is 13.4. The van der Waals surface area contributed by atoms with E-state index in [0.29, 0.717) is 42.5 Å². The van der Waals surface area contributed by atoms with Gasteiger partial charge < -0.3 is 19.9 Å². The van der Waals surface area contributed by atoms with E-state index in [-0.39, 0.29) is 17.8 Å². The van der Waals surface area contributed by atoms with Gasteiger partial charge in [-0.2, -0.15) is 4.98 Å². The predicted molar refractivity (Wildman–Crippen MR) is 88.2 cm³/mol. The number of nitrogens with zero attached hydrogens (tertiary/aromatic N) is 2. The Morgan fingerprint density at radius 1 is 1.52 bits per heavy atom. The molecule has 134 valence electrons. The van der Waals surface area contributed by atoms with Gasteiger partial charge >= 0.3 is 0 Å². The molecule has 7 nitrogen and oxygen atoms in total. The molecule has 0 saturated carbocycles. The van der Waals surface area contributed by atoms with Crippen LogP contribution in [0.3, 0.4) is 0 Å². The van der Waals surface area contributed by atoms with Crippen molar-refractivity contribution in [1.29, 1.82) is 0 Å². The van der Waals surface area contributed by atoms with Crippen LogP contribution < -0.4 is 10.6 Å². The van der Waals surface area contributed by atoms with Crippen molar-refractivity contribution in [3.05, 3.63) is 35.5 Å². The fraction of sp³-hybridized carbons (Fsp3) is 0.471. The van der Waals surface area contributed by atoms with Crippen LogP contribution in [0.1, 0.15) is 30.8 Å². The second-order valence-corrected chi connectivity index (χ2v) is 6.14. The number of benzene rings is 1. The van der Waals surface area contributed by atoms with Gasteiger partial charge in [-0.25, -0.2) is 4.39 Å². The van der Waals surface area contributed by atoms with E-state index in [2.05, 4.69) is 20.8 Å².